The first-order valence-electron chi connectivity index (χ1n) is 9.38. The molecule has 0 amide bonds. The van der Waals surface area contributed by atoms with E-state index in [1.54, 1.807) is 0 Å². The molecule has 10 atom stereocenters. The van der Waals surface area contributed by atoms with Crippen LogP contribution in [0.3, 0.4) is 0 Å². The molecular formula is C16H34ClNO14. The Morgan fingerprint density at radius 1 is 0.594 bits per heavy atom. The Kier molecular flexibility index (Phi) is 14.0. The molecule has 0 aromatic heterocycles. The molecule has 0 aliphatic carbocycles. The predicted molar refractivity (Wildman–Crippen MR) is 104 cm³/mol. The van der Waals surface area contributed by atoms with Gasteiger partial charge in [-0.25, -0.2) is 0 Å². The van der Waals surface area contributed by atoms with Gasteiger partial charge >= 0.3 is 0 Å². The maximum absolute atomic E-state index is 9.84. The summed E-state index contributed by atoms with van der Waals surface area (Å²) in [5, 5.41) is 101. The first-order chi connectivity index (χ1) is 14.5. The highest BCUT2D eigenvalue weighted by Gasteiger charge is 2.49. The van der Waals surface area contributed by atoms with Crippen LogP contribution < -0.4 is 5.73 Å². The second-order valence-electron chi connectivity index (χ2n) is 7.37. The van der Waals surface area contributed by atoms with Gasteiger partial charge in [0, 0.05) is 0 Å². The van der Waals surface area contributed by atoms with Gasteiger partial charge in [0.1, 0.15) is 48.8 Å². The van der Waals surface area contributed by atoms with Gasteiger partial charge in [-0.3, -0.25) is 0 Å². The minimum atomic E-state index is -1.72. The highest BCUT2D eigenvalue weighted by molar-refractivity contribution is 5.85. The van der Waals surface area contributed by atoms with Crippen LogP contribution in [0.15, 0.2) is 0 Å². The molecule has 2 heterocycles. The van der Waals surface area contributed by atoms with Crippen LogP contribution in [0.4, 0.5) is 0 Å². The summed E-state index contributed by atoms with van der Waals surface area (Å²) in [5.41, 5.74) is 3.94. The highest BCUT2D eigenvalue weighted by atomic mass is 35.5. The first-order valence-corrected chi connectivity index (χ1v) is 9.38. The van der Waals surface area contributed by atoms with Crippen LogP contribution in [0.2, 0.25) is 0 Å². The molecule has 2 rings (SSSR count). The molecule has 13 N–H and O–H groups in total. The summed E-state index contributed by atoms with van der Waals surface area (Å²) in [4.78, 5) is 0. The zero-order valence-electron chi connectivity index (χ0n) is 16.9. The van der Waals surface area contributed by atoms with Crippen molar-refractivity contribution in [3.05, 3.63) is 0 Å². The van der Waals surface area contributed by atoms with Gasteiger partial charge in [0.05, 0.1) is 38.6 Å². The number of halogens is 1. The zero-order chi connectivity index (χ0) is 23.9. The summed E-state index contributed by atoms with van der Waals surface area (Å²) in [5.74, 6) is 0. The molecule has 2 aliphatic rings. The van der Waals surface area contributed by atoms with Crippen LogP contribution in [0, 0.1) is 0 Å². The topological polar surface area (TPSA) is 276 Å². The number of hydrogen-bond acceptors (Lipinski definition) is 15. The Morgan fingerprint density at radius 2 is 0.906 bits per heavy atom. The molecular weight excluding hydrogens is 466 g/mol. The molecule has 0 aromatic carbocycles. The lowest BCUT2D eigenvalue weighted by Gasteiger charge is -2.44. The van der Waals surface area contributed by atoms with Crippen molar-refractivity contribution in [1.29, 1.82) is 0 Å². The quantitative estimate of drug-likeness (QED) is 0.155. The van der Waals surface area contributed by atoms with E-state index in [9.17, 15) is 30.6 Å². The molecule has 16 heteroatoms. The lowest BCUT2D eigenvalue weighted by molar-refractivity contribution is -0.376. The standard InChI is InChI=1S/C12H22O11.C4H11NO3.ClH/c13-1-3-5(15)7(17)9(19)11(21-3)23-12-10(20)8(18)6(16)4(2-14)22-12;5-4(1-6,2-7)3-8;/h3-20H,1-2H2;6-8H,1-3,5H2;1H/t3-,4-,5-,6-,7+,8+,9-,10-,11-,12-;;/m1../s1. The highest BCUT2D eigenvalue weighted by Crippen LogP contribution is 2.27. The maximum atomic E-state index is 9.84. The molecule has 0 spiro atoms. The van der Waals surface area contributed by atoms with Crippen LogP contribution in [0.25, 0.3) is 0 Å². The lowest BCUT2D eigenvalue weighted by atomic mass is 9.98. The summed E-state index contributed by atoms with van der Waals surface area (Å²) >= 11 is 0. The summed E-state index contributed by atoms with van der Waals surface area (Å²) in [6, 6.07) is 0. The van der Waals surface area contributed by atoms with E-state index in [2.05, 4.69) is 0 Å². The number of rotatable bonds is 7. The Bertz CT molecular complexity index is 471. The minimum absolute atomic E-state index is 0. The third-order valence-electron chi connectivity index (χ3n) is 4.91. The smallest absolute Gasteiger partial charge is 0.189 e. The second-order valence-corrected chi connectivity index (χ2v) is 7.37. The number of aliphatic hydroxyl groups is 11. The zero-order valence-corrected chi connectivity index (χ0v) is 17.8. The van der Waals surface area contributed by atoms with E-state index in [4.69, 9.17) is 45.5 Å². The Labute approximate surface area is 189 Å². The Balaban J connectivity index is 0.000000917. The largest absolute Gasteiger partial charge is 0.394 e. The summed E-state index contributed by atoms with van der Waals surface area (Å²) < 4.78 is 15.3. The van der Waals surface area contributed by atoms with Gasteiger partial charge < -0.3 is 76.1 Å². The average Bonchev–Trinajstić information content (AvgIpc) is 2.79. The van der Waals surface area contributed by atoms with Gasteiger partial charge in [0.15, 0.2) is 12.6 Å². The fourth-order valence-corrected chi connectivity index (χ4v) is 2.64. The van der Waals surface area contributed by atoms with Crippen molar-refractivity contribution >= 4 is 12.4 Å². The summed E-state index contributed by atoms with van der Waals surface area (Å²) in [7, 11) is 0. The van der Waals surface area contributed by atoms with E-state index in [1.165, 1.54) is 0 Å². The molecule has 15 nitrogen and oxygen atoms in total. The molecule has 194 valence electrons. The van der Waals surface area contributed by atoms with E-state index >= 15 is 0 Å². The van der Waals surface area contributed by atoms with Crippen LogP contribution >= 0.6 is 12.4 Å². The average molecular weight is 500 g/mol. The van der Waals surface area contributed by atoms with E-state index in [0.717, 1.165) is 0 Å². The molecule has 0 bridgehead atoms. The Morgan fingerprint density at radius 3 is 1.12 bits per heavy atom. The van der Waals surface area contributed by atoms with E-state index in [0.29, 0.717) is 0 Å². The second kappa shape index (κ2) is 14.2. The number of nitrogens with two attached hydrogens (primary N) is 1. The molecule has 32 heavy (non-hydrogen) atoms. The van der Waals surface area contributed by atoms with Crippen molar-refractivity contribution in [3.63, 3.8) is 0 Å². The predicted octanol–water partition coefficient (Wildman–Crippen LogP) is -7.31. The van der Waals surface area contributed by atoms with E-state index in [-0.39, 0.29) is 12.4 Å². The molecule has 0 unspecified atom stereocenters. The molecule has 2 saturated heterocycles. The SMILES string of the molecule is Cl.NC(CO)(CO)CO.OC[C@H]1O[C@H](O[C@H]2O[C@H](CO)[C@@H](O)[C@H](O)[C@H]2O)[C@H](O)[C@@H](O)[C@@H]1O. The molecule has 2 fully saturated rings. The van der Waals surface area contributed by atoms with Gasteiger partial charge in [0.25, 0.3) is 0 Å². The minimum Gasteiger partial charge on any atom is -0.394 e. The van der Waals surface area contributed by atoms with E-state index < -0.39 is 100.0 Å². The fraction of sp³-hybridized carbons (Fsp3) is 1.00. The van der Waals surface area contributed by atoms with Crippen molar-refractivity contribution in [1.82, 2.24) is 0 Å². The van der Waals surface area contributed by atoms with Gasteiger partial charge in [-0.2, -0.15) is 0 Å². The van der Waals surface area contributed by atoms with Crippen molar-refractivity contribution in [3.8, 4) is 0 Å². The van der Waals surface area contributed by atoms with Crippen molar-refractivity contribution in [2.45, 2.75) is 67.0 Å². The van der Waals surface area contributed by atoms with Crippen LogP contribution in [-0.2, 0) is 14.2 Å². The van der Waals surface area contributed by atoms with E-state index in [1.807, 2.05) is 0 Å². The van der Waals surface area contributed by atoms with Crippen LogP contribution in [0.5, 0.6) is 0 Å². The summed E-state index contributed by atoms with van der Waals surface area (Å²) in [6.07, 6.45) is -15.6. The normalized spacial score (nSPS) is 40.1. The van der Waals surface area contributed by atoms with Crippen molar-refractivity contribution in [2.24, 2.45) is 5.73 Å². The summed E-state index contributed by atoms with van der Waals surface area (Å²) in [6.45, 7) is -2.54. The van der Waals surface area contributed by atoms with Gasteiger partial charge in [-0.15, -0.1) is 12.4 Å². The maximum Gasteiger partial charge on any atom is 0.189 e. The molecule has 0 radical (unpaired) electrons. The van der Waals surface area contributed by atoms with Gasteiger partial charge in [0.2, 0.25) is 0 Å². The first kappa shape index (κ1) is 31.7. The molecule has 0 saturated carbocycles. The molecule has 2 aliphatic heterocycles. The molecule has 0 aromatic rings. The fourth-order valence-electron chi connectivity index (χ4n) is 2.64. The van der Waals surface area contributed by atoms with Crippen molar-refractivity contribution < 1.29 is 70.4 Å². The number of hydrogen-bond donors (Lipinski definition) is 12. The van der Waals surface area contributed by atoms with Crippen LogP contribution in [-0.4, -0.2) is 156 Å². The third kappa shape index (κ3) is 7.60. The third-order valence-corrected chi connectivity index (χ3v) is 4.91. The number of ether oxygens (including phenoxy) is 3. The van der Waals surface area contributed by atoms with Gasteiger partial charge in [-0.1, -0.05) is 0 Å². The van der Waals surface area contributed by atoms with Crippen molar-refractivity contribution in [2.75, 3.05) is 33.0 Å². The number of aliphatic hydroxyl groups excluding tert-OH is 11. The Hall–Kier alpha value is -0.310. The van der Waals surface area contributed by atoms with Crippen LogP contribution in [0.1, 0.15) is 0 Å². The van der Waals surface area contributed by atoms with Gasteiger partial charge in [-0.05, 0) is 0 Å². The lowest BCUT2D eigenvalue weighted by Crippen LogP contribution is -2.63. The monoisotopic (exact) mass is 499 g/mol.